The van der Waals surface area contributed by atoms with E-state index in [0.29, 0.717) is 20.6 Å². The minimum absolute atomic E-state index is 0.303. The van der Waals surface area contributed by atoms with E-state index in [9.17, 15) is 13.6 Å². The van der Waals surface area contributed by atoms with Gasteiger partial charge in [0.25, 0.3) is 11.8 Å². The topological polar surface area (TPSA) is 68.0 Å². The lowest BCUT2D eigenvalue weighted by Gasteiger charge is -2.13. The lowest BCUT2D eigenvalue weighted by molar-refractivity contribution is 0.0119. The maximum absolute atomic E-state index is 13.1. The molecule has 0 saturated heterocycles. The first-order valence-corrected chi connectivity index (χ1v) is 7.61. The predicted molar refractivity (Wildman–Crippen MR) is 83.6 cm³/mol. The molecule has 0 radical (unpaired) electrons. The number of hydrogen-bond acceptors (Lipinski definition) is 4. The molecule has 0 saturated carbocycles. The summed E-state index contributed by atoms with van der Waals surface area (Å²) < 4.78 is 26.1. The summed E-state index contributed by atoms with van der Waals surface area (Å²) in [6, 6.07) is 7.00. The average Bonchev–Trinajstić information content (AvgIpc) is 2.88. The SMILES string of the molecule is Cc1nc(-c2ccc(Cl)cc2)sc1C(=O)NCC(F)(F)CN. The van der Waals surface area contributed by atoms with Gasteiger partial charge in [0, 0.05) is 10.6 Å². The van der Waals surface area contributed by atoms with Crippen LogP contribution >= 0.6 is 22.9 Å². The molecular weight excluding hydrogens is 332 g/mol. The third kappa shape index (κ3) is 4.00. The number of carbonyl (C=O) groups excluding carboxylic acids is 1. The Labute approximate surface area is 135 Å². The molecule has 0 fully saturated rings. The van der Waals surface area contributed by atoms with Crippen molar-refractivity contribution in [3.63, 3.8) is 0 Å². The number of hydrogen-bond donors (Lipinski definition) is 2. The maximum Gasteiger partial charge on any atom is 0.277 e. The Kier molecular flexibility index (Phi) is 5.10. The molecule has 0 unspecified atom stereocenters. The number of nitrogens with two attached hydrogens (primary N) is 1. The molecule has 4 nitrogen and oxygen atoms in total. The summed E-state index contributed by atoms with van der Waals surface area (Å²) in [4.78, 5) is 16.6. The van der Waals surface area contributed by atoms with Crippen molar-refractivity contribution in [2.24, 2.45) is 5.73 Å². The number of benzene rings is 1. The van der Waals surface area contributed by atoms with Crippen molar-refractivity contribution in [2.45, 2.75) is 12.8 Å². The van der Waals surface area contributed by atoms with Gasteiger partial charge in [-0.25, -0.2) is 13.8 Å². The fraction of sp³-hybridized carbons (Fsp3) is 0.286. The Morgan fingerprint density at radius 1 is 1.41 bits per heavy atom. The number of thiazole rings is 1. The number of amides is 1. The molecule has 0 aliphatic rings. The quantitative estimate of drug-likeness (QED) is 0.875. The number of rotatable bonds is 5. The molecule has 0 bridgehead atoms. The van der Waals surface area contributed by atoms with Crippen LogP contribution in [0.15, 0.2) is 24.3 Å². The highest BCUT2D eigenvalue weighted by atomic mass is 35.5. The van der Waals surface area contributed by atoms with E-state index >= 15 is 0 Å². The van der Waals surface area contributed by atoms with Crippen LogP contribution in [0.4, 0.5) is 8.78 Å². The molecule has 118 valence electrons. The fourth-order valence-corrected chi connectivity index (χ4v) is 2.80. The van der Waals surface area contributed by atoms with Crippen LogP contribution in [0.1, 0.15) is 15.4 Å². The van der Waals surface area contributed by atoms with Gasteiger partial charge >= 0.3 is 0 Å². The Balaban J connectivity index is 2.16. The highest BCUT2D eigenvalue weighted by molar-refractivity contribution is 7.17. The summed E-state index contributed by atoms with van der Waals surface area (Å²) in [5.41, 5.74) is 6.23. The minimum Gasteiger partial charge on any atom is -0.345 e. The average molecular weight is 346 g/mol. The molecule has 0 aliphatic carbocycles. The van der Waals surface area contributed by atoms with E-state index in [0.717, 1.165) is 16.9 Å². The van der Waals surface area contributed by atoms with Gasteiger partial charge in [0.05, 0.1) is 18.8 Å². The summed E-state index contributed by atoms with van der Waals surface area (Å²) in [5.74, 6) is -3.70. The van der Waals surface area contributed by atoms with Crippen molar-refractivity contribution < 1.29 is 13.6 Å². The third-order valence-corrected chi connectivity index (χ3v) is 4.36. The first-order valence-electron chi connectivity index (χ1n) is 6.42. The fourth-order valence-electron chi connectivity index (χ4n) is 1.69. The van der Waals surface area contributed by atoms with Crippen LogP contribution in [0, 0.1) is 6.92 Å². The first-order chi connectivity index (χ1) is 10.3. The zero-order valence-corrected chi connectivity index (χ0v) is 13.3. The Morgan fingerprint density at radius 2 is 2.05 bits per heavy atom. The number of aryl methyl sites for hydroxylation is 1. The van der Waals surface area contributed by atoms with Gasteiger partial charge in [-0.2, -0.15) is 0 Å². The molecule has 3 N–H and O–H groups in total. The van der Waals surface area contributed by atoms with Crippen molar-refractivity contribution in [2.75, 3.05) is 13.1 Å². The lowest BCUT2D eigenvalue weighted by atomic mass is 10.2. The van der Waals surface area contributed by atoms with E-state index in [2.05, 4.69) is 10.3 Å². The lowest BCUT2D eigenvalue weighted by Crippen LogP contribution is -2.41. The summed E-state index contributed by atoms with van der Waals surface area (Å²) in [7, 11) is 0. The largest absolute Gasteiger partial charge is 0.345 e. The number of nitrogens with one attached hydrogen (secondary N) is 1. The third-order valence-electron chi connectivity index (χ3n) is 2.90. The molecule has 1 aromatic heterocycles. The van der Waals surface area contributed by atoms with E-state index in [1.54, 1.807) is 31.2 Å². The van der Waals surface area contributed by atoms with Crippen LogP contribution < -0.4 is 11.1 Å². The van der Waals surface area contributed by atoms with Crippen LogP contribution in [0.3, 0.4) is 0 Å². The van der Waals surface area contributed by atoms with Crippen LogP contribution in [-0.4, -0.2) is 29.9 Å². The molecule has 1 heterocycles. The molecule has 0 atom stereocenters. The number of halogens is 3. The van der Waals surface area contributed by atoms with Crippen LogP contribution in [-0.2, 0) is 0 Å². The van der Waals surface area contributed by atoms with Crippen molar-refractivity contribution >= 4 is 28.8 Å². The molecule has 2 rings (SSSR count). The predicted octanol–water partition coefficient (Wildman–Crippen LogP) is 3.10. The number of nitrogens with zero attached hydrogens (tertiary/aromatic N) is 1. The molecule has 1 amide bonds. The minimum atomic E-state index is -3.12. The van der Waals surface area contributed by atoms with Gasteiger partial charge < -0.3 is 11.1 Å². The van der Waals surface area contributed by atoms with Crippen LogP contribution in [0.2, 0.25) is 5.02 Å². The zero-order valence-electron chi connectivity index (χ0n) is 11.7. The second-order valence-corrected chi connectivity index (χ2v) is 6.12. The van der Waals surface area contributed by atoms with Gasteiger partial charge in [0.1, 0.15) is 9.88 Å². The van der Waals surface area contributed by atoms with E-state index in [1.807, 2.05) is 0 Å². The van der Waals surface area contributed by atoms with Gasteiger partial charge in [0.15, 0.2) is 0 Å². The molecule has 8 heteroatoms. The van der Waals surface area contributed by atoms with Crippen molar-refractivity contribution in [1.29, 1.82) is 0 Å². The Morgan fingerprint density at radius 3 is 2.64 bits per heavy atom. The number of aromatic nitrogens is 1. The Hall–Kier alpha value is -1.57. The smallest absolute Gasteiger partial charge is 0.277 e. The highest BCUT2D eigenvalue weighted by Crippen LogP contribution is 2.28. The second kappa shape index (κ2) is 6.68. The molecule has 0 aliphatic heterocycles. The Bertz CT molecular complexity index is 673. The van der Waals surface area contributed by atoms with Crippen molar-refractivity contribution in [3.8, 4) is 10.6 Å². The molecule has 1 aromatic carbocycles. The van der Waals surface area contributed by atoms with Gasteiger partial charge in [-0.3, -0.25) is 4.79 Å². The van der Waals surface area contributed by atoms with Crippen molar-refractivity contribution in [1.82, 2.24) is 10.3 Å². The molecular formula is C14H14ClF2N3OS. The van der Waals surface area contributed by atoms with E-state index in [1.165, 1.54) is 0 Å². The summed E-state index contributed by atoms with van der Waals surface area (Å²) in [6.45, 7) is 0.0484. The standard InChI is InChI=1S/C14H14ClF2N3OS/c1-8-11(12(21)19-7-14(16,17)6-18)22-13(20-8)9-2-4-10(15)5-3-9/h2-5H,6-7,18H2,1H3,(H,19,21). The molecule has 2 aromatic rings. The van der Waals surface area contributed by atoms with Gasteiger partial charge in [0.2, 0.25) is 0 Å². The zero-order chi connectivity index (χ0) is 16.3. The van der Waals surface area contributed by atoms with E-state index < -0.39 is 24.9 Å². The number of carbonyl (C=O) groups is 1. The van der Waals surface area contributed by atoms with Crippen LogP contribution in [0.5, 0.6) is 0 Å². The monoisotopic (exact) mass is 345 g/mol. The van der Waals surface area contributed by atoms with Gasteiger partial charge in [-0.15, -0.1) is 11.3 Å². The second-order valence-electron chi connectivity index (χ2n) is 4.68. The van der Waals surface area contributed by atoms with Gasteiger partial charge in [-0.1, -0.05) is 23.7 Å². The maximum atomic E-state index is 13.1. The summed E-state index contributed by atoms with van der Waals surface area (Å²) in [6.07, 6.45) is 0. The normalized spacial score (nSPS) is 11.5. The first kappa shape index (κ1) is 16.8. The van der Waals surface area contributed by atoms with E-state index in [4.69, 9.17) is 17.3 Å². The molecule has 0 spiro atoms. The highest BCUT2D eigenvalue weighted by Gasteiger charge is 2.28. The van der Waals surface area contributed by atoms with Crippen molar-refractivity contribution in [3.05, 3.63) is 39.9 Å². The molecule has 22 heavy (non-hydrogen) atoms. The van der Waals surface area contributed by atoms with Gasteiger partial charge in [-0.05, 0) is 19.1 Å². The number of alkyl halides is 2. The van der Waals surface area contributed by atoms with Crippen LogP contribution in [0.25, 0.3) is 10.6 Å². The summed E-state index contributed by atoms with van der Waals surface area (Å²) in [5, 5.41) is 3.41. The summed E-state index contributed by atoms with van der Waals surface area (Å²) >= 11 is 6.96. The van der Waals surface area contributed by atoms with E-state index in [-0.39, 0.29) is 0 Å².